The normalized spacial score (nSPS) is 11.4. The Hall–Kier alpha value is -4.74. The van der Waals surface area contributed by atoms with Crippen molar-refractivity contribution in [1.29, 1.82) is 0 Å². The van der Waals surface area contributed by atoms with Crippen molar-refractivity contribution < 1.29 is 52.0 Å². The molecule has 0 aliphatic heterocycles. The zero-order valence-corrected chi connectivity index (χ0v) is 23.4. The fraction of sp³-hybridized carbons (Fsp3) is 0.357. The lowest BCUT2D eigenvalue weighted by molar-refractivity contribution is -0.147. The molecule has 3 rings (SSSR count). The van der Waals surface area contributed by atoms with Crippen molar-refractivity contribution in [2.45, 2.75) is 40.2 Å². The molecule has 2 aromatic carbocycles. The number of hydrogen-bond donors (Lipinski definition) is 0. The standard InChI is InChI=1S/C28H30O12/c1-13-19(40-25-22(23(13)32)24(33-5)26(34-6)28(36-8)27(25)35-7)12-20(38-15(3)30)17-9-10-18(37-14(2)29)21(11-17)39-16(4)31/h9-11,20H,12H2,1-8H3. The largest absolute Gasteiger partial charge is 0.492 e. The topological polar surface area (TPSA) is 146 Å². The SMILES string of the molecule is COc1c(OC)c(OC)c2c(=O)c(C)c(CC(OC(C)=O)c3ccc(OC(C)=O)c(OC(C)=O)c3)oc2c1OC. The van der Waals surface area contributed by atoms with Crippen LogP contribution in [0.25, 0.3) is 11.0 Å². The number of methoxy groups -OCH3 is 4. The van der Waals surface area contributed by atoms with Crippen LogP contribution < -0.4 is 33.8 Å². The number of carbonyl (C=O) groups is 3. The number of fused-ring (bicyclic) bond motifs is 1. The lowest BCUT2D eigenvalue weighted by Gasteiger charge is -2.21. The number of rotatable bonds is 10. The summed E-state index contributed by atoms with van der Waals surface area (Å²) in [6.45, 7) is 5.17. The molecule has 0 spiro atoms. The summed E-state index contributed by atoms with van der Waals surface area (Å²) in [6, 6.07) is 4.34. The third-order valence-electron chi connectivity index (χ3n) is 5.83. The summed E-state index contributed by atoms with van der Waals surface area (Å²) in [5.74, 6) is -1.28. The summed E-state index contributed by atoms with van der Waals surface area (Å²) in [5.41, 5.74) is 0.199. The molecule has 1 unspecified atom stereocenters. The number of ether oxygens (including phenoxy) is 7. The van der Waals surface area contributed by atoms with Gasteiger partial charge >= 0.3 is 17.9 Å². The number of benzene rings is 2. The minimum Gasteiger partial charge on any atom is -0.492 e. The van der Waals surface area contributed by atoms with Crippen LogP contribution in [-0.4, -0.2) is 46.3 Å². The number of hydrogen-bond acceptors (Lipinski definition) is 12. The molecule has 0 saturated carbocycles. The van der Waals surface area contributed by atoms with Gasteiger partial charge < -0.3 is 37.6 Å². The first-order valence-electron chi connectivity index (χ1n) is 12.0. The van der Waals surface area contributed by atoms with Gasteiger partial charge in [0.1, 0.15) is 17.3 Å². The second kappa shape index (κ2) is 12.4. The molecule has 1 heterocycles. The van der Waals surface area contributed by atoms with Gasteiger partial charge in [-0.1, -0.05) is 6.07 Å². The molecule has 40 heavy (non-hydrogen) atoms. The molecule has 214 valence electrons. The highest BCUT2D eigenvalue weighted by atomic mass is 16.6. The van der Waals surface area contributed by atoms with Crippen molar-refractivity contribution in [3.05, 3.63) is 45.3 Å². The Bertz CT molecular complexity index is 1520. The van der Waals surface area contributed by atoms with Crippen LogP contribution >= 0.6 is 0 Å². The minimum absolute atomic E-state index is 0.000633. The van der Waals surface area contributed by atoms with Crippen LogP contribution in [0.4, 0.5) is 0 Å². The van der Waals surface area contributed by atoms with Gasteiger partial charge in [-0.3, -0.25) is 19.2 Å². The maximum Gasteiger partial charge on any atom is 0.308 e. The maximum atomic E-state index is 13.6. The highest BCUT2D eigenvalue weighted by Crippen LogP contribution is 2.50. The van der Waals surface area contributed by atoms with Gasteiger partial charge in [-0.25, -0.2) is 0 Å². The first-order chi connectivity index (χ1) is 19.0. The van der Waals surface area contributed by atoms with E-state index in [-0.39, 0.29) is 63.2 Å². The van der Waals surface area contributed by atoms with Gasteiger partial charge in [-0.15, -0.1) is 0 Å². The van der Waals surface area contributed by atoms with Crippen molar-refractivity contribution in [1.82, 2.24) is 0 Å². The Morgan fingerprint density at radius 1 is 0.775 bits per heavy atom. The molecule has 0 aliphatic carbocycles. The summed E-state index contributed by atoms with van der Waals surface area (Å²) in [6.07, 6.45) is -1.09. The average molecular weight is 559 g/mol. The summed E-state index contributed by atoms with van der Waals surface area (Å²) >= 11 is 0. The summed E-state index contributed by atoms with van der Waals surface area (Å²) in [5, 5.41) is 0.0742. The van der Waals surface area contributed by atoms with Crippen LogP contribution in [0.15, 0.2) is 27.4 Å². The third kappa shape index (κ3) is 5.95. The zero-order valence-electron chi connectivity index (χ0n) is 23.4. The first kappa shape index (κ1) is 29.8. The molecule has 12 nitrogen and oxygen atoms in total. The minimum atomic E-state index is -0.995. The van der Waals surface area contributed by atoms with Gasteiger partial charge in [0.2, 0.25) is 17.2 Å². The Morgan fingerprint density at radius 2 is 1.32 bits per heavy atom. The average Bonchev–Trinajstić information content (AvgIpc) is 2.89. The zero-order chi connectivity index (χ0) is 29.7. The van der Waals surface area contributed by atoms with Gasteiger partial charge in [0.25, 0.3) is 0 Å². The van der Waals surface area contributed by atoms with E-state index < -0.39 is 29.4 Å². The van der Waals surface area contributed by atoms with E-state index in [0.717, 1.165) is 0 Å². The monoisotopic (exact) mass is 558 g/mol. The van der Waals surface area contributed by atoms with Crippen LogP contribution in [0, 0.1) is 6.92 Å². The van der Waals surface area contributed by atoms with Crippen molar-refractivity contribution in [2.24, 2.45) is 0 Å². The highest BCUT2D eigenvalue weighted by Gasteiger charge is 2.30. The molecule has 12 heteroatoms. The van der Waals surface area contributed by atoms with E-state index in [1.807, 2.05) is 0 Å². The van der Waals surface area contributed by atoms with Gasteiger partial charge in [0.05, 0.1) is 28.4 Å². The fourth-order valence-corrected chi connectivity index (χ4v) is 4.20. The second-order valence-electron chi connectivity index (χ2n) is 8.51. The summed E-state index contributed by atoms with van der Waals surface area (Å²) in [7, 11) is 5.55. The van der Waals surface area contributed by atoms with E-state index in [4.69, 9.17) is 37.6 Å². The molecule has 1 aromatic heterocycles. The lowest BCUT2D eigenvalue weighted by atomic mass is 10.0. The molecule has 0 radical (unpaired) electrons. The third-order valence-corrected chi connectivity index (χ3v) is 5.83. The molecule has 0 N–H and O–H groups in total. The smallest absolute Gasteiger partial charge is 0.308 e. The van der Waals surface area contributed by atoms with E-state index >= 15 is 0 Å². The van der Waals surface area contributed by atoms with Crippen molar-refractivity contribution in [3.8, 4) is 34.5 Å². The fourth-order valence-electron chi connectivity index (χ4n) is 4.20. The molecular formula is C28H30O12. The molecule has 0 aliphatic rings. The molecule has 0 amide bonds. The van der Waals surface area contributed by atoms with Gasteiger partial charge in [-0.05, 0) is 24.6 Å². The van der Waals surface area contributed by atoms with E-state index in [2.05, 4.69) is 0 Å². The molecule has 0 saturated heterocycles. The second-order valence-corrected chi connectivity index (χ2v) is 8.51. The van der Waals surface area contributed by atoms with Gasteiger partial charge in [0, 0.05) is 32.8 Å². The van der Waals surface area contributed by atoms with Crippen LogP contribution in [0.5, 0.6) is 34.5 Å². The van der Waals surface area contributed by atoms with Crippen LogP contribution in [0.2, 0.25) is 0 Å². The predicted octanol–water partition coefficient (Wildman–Crippen LogP) is 3.83. The molecule has 1 atom stereocenters. The van der Waals surface area contributed by atoms with Crippen LogP contribution in [0.3, 0.4) is 0 Å². The summed E-state index contributed by atoms with van der Waals surface area (Å²) < 4.78 is 44.0. The number of carbonyl (C=O) groups excluding carboxylic acids is 3. The van der Waals surface area contributed by atoms with Gasteiger partial charge in [0.15, 0.2) is 28.3 Å². The quantitative estimate of drug-likeness (QED) is 0.263. The highest BCUT2D eigenvalue weighted by molar-refractivity contribution is 5.95. The lowest BCUT2D eigenvalue weighted by Crippen LogP contribution is -2.17. The Morgan fingerprint density at radius 3 is 1.85 bits per heavy atom. The Labute approximate surface area is 229 Å². The van der Waals surface area contributed by atoms with Crippen LogP contribution in [-0.2, 0) is 25.5 Å². The molecule has 3 aromatic rings. The van der Waals surface area contributed by atoms with E-state index in [1.165, 1.54) is 67.4 Å². The van der Waals surface area contributed by atoms with E-state index in [0.29, 0.717) is 5.56 Å². The molecule has 0 bridgehead atoms. The first-order valence-corrected chi connectivity index (χ1v) is 12.0. The summed E-state index contributed by atoms with van der Waals surface area (Å²) in [4.78, 5) is 48.9. The molecule has 0 fully saturated rings. The van der Waals surface area contributed by atoms with Crippen LogP contribution in [0.1, 0.15) is 43.8 Å². The Kier molecular flexibility index (Phi) is 9.25. The van der Waals surface area contributed by atoms with E-state index in [9.17, 15) is 19.2 Å². The van der Waals surface area contributed by atoms with E-state index in [1.54, 1.807) is 6.92 Å². The van der Waals surface area contributed by atoms with Crippen molar-refractivity contribution in [2.75, 3.05) is 28.4 Å². The van der Waals surface area contributed by atoms with Crippen molar-refractivity contribution in [3.63, 3.8) is 0 Å². The molecular weight excluding hydrogens is 528 g/mol. The Balaban J connectivity index is 2.24. The number of esters is 3. The predicted molar refractivity (Wildman–Crippen MR) is 141 cm³/mol. The van der Waals surface area contributed by atoms with Gasteiger partial charge in [-0.2, -0.15) is 0 Å². The van der Waals surface area contributed by atoms with Crippen molar-refractivity contribution >= 4 is 28.9 Å². The maximum absolute atomic E-state index is 13.6.